The summed E-state index contributed by atoms with van der Waals surface area (Å²) >= 11 is 0. The second kappa shape index (κ2) is 74.5. The molecule has 0 aliphatic carbocycles. The first-order valence-electron chi connectivity index (χ1n) is 40.0. The normalized spacial score (nSPS) is 11.7. The highest BCUT2D eigenvalue weighted by Crippen LogP contribution is 2.22. The summed E-state index contributed by atoms with van der Waals surface area (Å²) in [6.07, 6.45) is 111. The summed E-state index contributed by atoms with van der Waals surface area (Å²) in [6, 6.07) is 11.0. The SMILES string of the molecule is CCCCCCCCCCCCCCCCCCCCCCCCCCCCCCCCCCCCCCCCCCCCCCCCCCCCCCCCCCCCCCCCCCCCCCCCCCCCc1ccccc1. The monoisotopic (exact) mass is 1140 g/mol. The van der Waals surface area contributed by atoms with Crippen LogP contribution in [0.3, 0.4) is 0 Å². The van der Waals surface area contributed by atoms with E-state index in [1.165, 1.54) is 487 Å². The van der Waals surface area contributed by atoms with E-state index in [0.29, 0.717) is 0 Å². The molecule has 0 heteroatoms. The van der Waals surface area contributed by atoms with Gasteiger partial charge in [0.05, 0.1) is 0 Å². The fourth-order valence-electron chi connectivity index (χ4n) is 13.8. The molecule has 0 fully saturated rings. The molecule has 0 spiro atoms. The van der Waals surface area contributed by atoms with Crippen LogP contribution >= 0.6 is 0 Å². The highest BCUT2D eigenvalue weighted by molar-refractivity contribution is 5.14. The first-order valence-corrected chi connectivity index (χ1v) is 40.0. The maximum atomic E-state index is 2.32. The Bertz CT molecular complexity index is 1200. The van der Waals surface area contributed by atoms with Gasteiger partial charge in [-0.2, -0.15) is 0 Å². The topological polar surface area (TPSA) is 0 Å². The molecule has 0 radical (unpaired) electrons. The zero-order valence-electron chi connectivity index (χ0n) is 57.4. The Morgan fingerprint density at radius 1 is 0.134 bits per heavy atom. The highest BCUT2D eigenvalue weighted by Gasteiger charge is 2.02. The van der Waals surface area contributed by atoms with Crippen molar-refractivity contribution in [3.05, 3.63) is 35.9 Å². The number of benzene rings is 1. The maximum Gasteiger partial charge on any atom is -0.0279 e. The van der Waals surface area contributed by atoms with Gasteiger partial charge in [-0.3, -0.25) is 0 Å². The van der Waals surface area contributed by atoms with Gasteiger partial charge in [0.15, 0.2) is 0 Å². The second-order valence-corrected chi connectivity index (χ2v) is 28.0. The predicted molar refractivity (Wildman–Crippen MR) is 377 cm³/mol. The minimum absolute atomic E-state index is 1.26. The van der Waals surface area contributed by atoms with Gasteiger partial charge in [-0.1, -0.05) is 506 Å². The summed E-state index contributed by atoms with van der Waals surface area (Å²) < 4.78 is 0. The minimum Gasteiger partial charge on any atom is -0.0654 e. The quantitative estimate of drug-likeness (QED) is 0.0570. The Hall–Kier alpha value is -0.780. The Labute approximate surface area is 521 Å². The summed E-state index contributed by atoms with van der Waals surface area (Å²) in [6.45, 7) is 2.32. The number of rotatable bonds is 75. The molecule has 0 heterocycles. The van der Waals surface area contributed by atoms with Crippen LogP contribution in [0.25, 0.3) is 0 Å². The highest BCUT2D eigenvalue weighted by atomic mass is 14.1. The molecule has 0 bridgehead atoms. The van der Waals surface area contributed by atoms with E-state index in [-0.39, 0.29) is 0 Å². The number of hydrogen-bond donors (Lipinski definition) is 0. The van der Waals surface area contributed by atoms with Gasteiger partial charge in [0.25, 0.3) is 0 Å². The van der Waals surface area contributed by atoms with Crippen molar-refractivity contribution in [3.63, 3.8) is 0 Å². The van der Waals surface area contributed by atoms with Crippen molar-refractivity contribution in [3.8, 4) is 0 Å². The van der Waals surface area contributed by atoms with Gasteiger partial charge in [-0.05, 0) is 18.4 Å². The van der Waals surface area contributed by atoms with E-state index in [1.54, 1.807) is 0 Å². The lowest BCUT2D eigenvalue weighted by molar-refractivity contribution is 0.506. The van der Waals surface area contributed by atoms with Crippen LogP contribution in [0.5, 0.6) is 0 Å². The second-order valence-electron chi connectivity index (χ2n) is 28.0. The first-order chi connectivity index (χ1) is 40.9. The van der Waals surface area contributed by atoms with Crippen LogP contribution in [0.2, 0.25) is 0 Å². The summed E-state index contributed by atoms with van der Waals surface area (Å²) in [5, 5.41) is 0. The average Bonchev–Trinajstić information content (AvgIpc) is 3.49. The van der Waals surface area contributed by atoms with E-state index in [4.69, 9.17) is 0 Å². The molecule has 1 aromatic rings. The molecule has 0 amide bonds. The Kier molecular flexibility index (Phi) is 72.0. The van der Waals surface area contributed by atoms with Crippen molar-refractivity contribution in [2.45, 2.75) is 488 Å². The molecule has 0 saturated carbocycles. The molecule has 0 unspecified atom stereocenters. The smallest absolute Gasteiger partial charge is 0.0279 e. The summed E-state index contributed by atoms with van der Waals surface area (Å²) in [5.74, 6) is 0. The molecule has 0 nitrogen and oxygen atoms in total. The molecule has 0 N–H and O–H groups in total. The zero-order chi connectivity index (χ0) is 58.1. The van der Waals surface area contributed by atoms with Gasteiger partial charge in [0, 0.05) is 0 Å². The molecule has 1 rings (SSSR count). The third kappa shape index (κ3) is 70.0. The Morgan fingerprint density at radius 2 is 0.244 bits per heavy atom. The molecule has 1 aromatic carbocycles. The number of unbranched alkanes of at least 4 members (excludes halogenated alkanes) is 73. The molecular weight excluding hydrogens is 985 g/mol. The maximum absolute atomic E-state index is 2.32. The van der Waals surface area contributed by atoms with Crippen molar-refractivity contribution in [1.29, 1.82) is 0 Å². The first kappa shape index (κ1) is 79.2. The van der Waals surface area contributed by atoms with Crippen molar-refractivity contribution in [1.82, 2.24) is 0 Å². The van der Waals surface area contributed by atoms with E-state index < -0.39 is 0 Å². The van der Waals surface area contributed by atoms with E-state index in [0.717, 1.165) is 0 Å². The Balaban J connectivity index is 1.58. The fraction of sp³-hybridized carbons (Fsp3) is 0.927. The predicted octanol–water partition coefficient (Wildman–Crippen LogP) is 31.1. The molecular formula is C82H158. The number of aryl methyl sites for hydroxylation is 1. The summed E-state index contributed by atoms with van der Waals surface area (Å²) in [7, 11) is 0. The standard InChI is InChI=1S/C82H158/c1-2-3-4-5-6-7-8-9-10-11-12-13-14-15-16-17-18-19-20-21-22-23-24-25-26-27-28-29-30-31-32-33-34-35-36-37-38-39-40-41-42-43-44-45-46-47-48-49-50-51-52-53-54-55-56-57-58-59-60-61-62-63-64-65-66-67-68-69-70-71-72-73-74-76-79-82-80-77-75-78-81-82/h75,77-78,80-81H,2-74,76,79H2,1H3. The third-order valence-electron chi connectivity index (χ3n) is 19.7. The fourth-order valence-corrected chi connectivity index (χ4v) is 13.8. The van der Waals surface area contributed by atoms with Crippen LogP contribution < -0.4 is 0 Å². The van der Waals surface area contributed by atoms with Gasteiger partial charge in [-0.15, -0.1) is 0 Å². The van der Waals surface area contributed by atoms with Gasteiger partial charge in [0.1, 0.15) is 0 Å². The van der Waals surface area contributed by atoms with Crippen LogP contribution in [0.4, 0.5) is 0 Å². The third-order valence-corrected chi connectivity index (χ3v) is 19.7. The van der Waals surface area contributed by atoms with Crippen molar-refractivity contribution >= 4 is 0 Å². The van der Waals surface area contributed by atoms with E-state index >= 15 is 0 Å². The largest absolute Gasteiger partial charge is 0.0654 e. The van der Waals surface area contributed by atoms with Crippen LogP contribution in [0.1, 0.15) is 488 Å². The van der Waals surface area contributed by atoms with Crippen LogP contribution in [-0.2, 0) is 6.42 Å². The average molecular weight is 1140 g/mol. The molecule has 0 atom stereocenters. The number of hydrogen-bond acceptors (Lipinski definition) is 0. The van der Waals surface area contributed by atoms with Crippen LogP contribution in [0.15, 0.2) is 30.3 Å². The molecule has 82 heavy (non-hydrogen) atoms. The van der Waals surface area contributed by atoms with Crippen molar-refractivity contribution < 1.29 is 0 Å². The van der Waals surface area contributed by atoms with Gasteiger partial charge >= 0.3 is 0 Å². The van der Waals surface area contributed by atoms with E-state index in [9.17, 15) is 0 Å². The van der Waals surface area contributed by atoms with Crippen LogP contribution in [-0.4, -0.2) is 0 Å². The lowest BCUT2D eigenvalue weighted by Gasteiger charge is -2.05. The summed E-state index contributed by atoms with van der Waals surface area (Å²) in [5.41, 5.74) is 1.51. The minimum atomic E-state index is 1.26. The lowest BCUT2D eigenvalue weighted by atomic mass is 10.0. The molecule has 0 aliphatic rings. The molecule has 0 saturated heterocycles. The summed E-state index contributed by atoms with van der Waals surface area (Å²) in [4.78, 5) is 0. The van der Waals surface area contributed by atoms with Crippen molar-refractivity contribution in [2.24, 2.45) is 0 Å². The van der Waals surface area contributed by atoms with Gasteiger partial charge < -0.3 is 0 Å². The Morgan fingerprint density at radius 3 is 0.366 bits per heavy atom. The molecule has 486 valence electrons. The van der Waals surface area contributed by atoms with Crippen LogP contribution in [0, 0.1) is 0 Å². The molecule has 0 aromatic heterocycles. The lowest BCUT2D eigenvalue weighted by Crippen LogP contribution is -1.86. The van der Waals surface area contributed by atoms with Crippen molar-refractivity contribution in [2.75, 3.05) is 0 Å². The van der Waals surface area contributed by atoms with E-state index in [2.05, 4.69) is 37.3 Å². The molecule has 0 aliphatic heterocycles. The van der Waals surface area contributed by atoms with Gasteiger partial charge in [0.2, 0.25) is 0 Å². The zero-order valence-corrected chi connectivity index (χ0v) is 57.4. The van der Waals surface area contributed by atoms with Gasteiger partial charge in [-0.25, -0.2) is 0 Å². The van der Waals surface area contributed by atoms with E-state index in [1.807, 2.05) is 0 Å².